The van der Waals surface area contributed by atoms with Crippen molar-refractivity contribution in [2.75, 3.05) is 0 Å². The van der Waals surface area contributed by atoms with Gasteiger partial charge in [-0.15, -0.1) is 0 Å². The number of halogens is 4. The van der Waals surface area contributed by atoms with Crippen molar-refractivity contribution >= 4 is 0 Å². The van der Waals surface area contributed by atoms with Crippen LogP contribution in [0.1, 0.15) is 11.1 Å². The first kappa shape index (κ1) is 14.0. The number of rotatable bonds is 2. The van der Waals surface area contributed by atoms with Crippen LogP contribution in [0.2, 0.25) is 0 Å². The van der Waals surface area contributed by atoms with Gasteiger partial charge >= 0.3 is 6.18 Å². The molecule has 6 heteroatoms. The van der Waals surface area contributed by atoms with Gasteiger partial charge in [0.15, 0.2) is 0 Å². The Morgan fingerprint density at radius 3 is 2.50 bits per heavy atom. The topological polar surface area (TPSA) is 36.7 Å². The van der Waals surface area contributed by atoms with Gasteiger partial charge < -0.3 is 0 Å². The molecule has 0 unspecified atom stereocenters. The van der Waals surface area contributed by atoms with Crippen molar-refractivity contribution in [1.29, 1.82) is 5.26 Å². The molecule has 20 heavy (non-hydrogen) atoms. The lowest BCUT2D eigenvalue weighted by atomic mass is 10.0. The molecule has 1 aromatic heterocycles. The van der Waals surface area contributed by atoms with E-state index in [1.54, 1.807) is 0 Å². The number of benzene rings is 1. The van der Waals surface area contributed by atoms with Gasteiger partial charge in [-0.2, -0.15) is 22.8 Å². The van der Waals surface area contributed by atoms with Gasteiger partial charge in [-0.1, -0.05) is 18.2 Å². The summed E-state index contributed by atoms with van der Waals surface area (Å²) >= 11 is 0. The highest BCUT2D eigenvalue weighted by Gasteiger charge is 2.33. The van der Waals surface area contributed by atoms with Gasteiger partial charge in [-0.3, -0.25) is 0 Å². The number of nitrogens with zero attached hydrogens (tertiary/aromatic N) is 2. The summed E-state index contributed by atoms with van der Waals surface area (Å²) in [6.45, 7) is 0. The van der Waals surface area contributed by atoms with Gasteiger partial charge in [-0.25, -0.2) is 4.98 Å². The smallest absolute Gasteiger partial charge is 0.220 e. The summed E-state index contributed by atoms with van der Waals surface area (Å²) in [6, 6.07) is 8.94. The fourth-order valence-electron chi connectivity index (χ4n) is 1.83. The molecule has 0 fully saturated rings. The normalized spacial score (nSPS) is 11.2. The molecule has 0 spiro atoms. The fourth-order valence-corrected chi connectivity index (χ4v) is 1.83. The maximum Gasteiger partial charge on any atom is 0.417 e. The van der Waals surface area contributed by atoms with Crippen LogP contribution in [0, 0.1) is 17.3 Å². The Hall–Kier alpha value is -2.42. The molecule has 0 aliphatic rings. The highest BCUT2D eigenvalue weighted by atomic mass is 19.4. The summed E-state index contributed by atoms with van der Waals surface area (Å²) in [7, 11) is 0. The van der Waals surface area contributed by atoms with Crippen LogP contribution >= 0.6 is 0 Å². The maximum atomic E-state index is 13.4. The molecule has 2 rings (SSSR count). The maximum absolute atomic E-state index is 13.4. The molecular weight excluding hydrogens is 272 g/mol. The van der Waals surface area contributed by atoms with Crippen LogP contribution in [0.5, 0.6) is 0 Å². The van der Waals surface area contributed by atoms with Crippen molar-refractivity contribution in [3.63, 3.8) is 0 Å². The van der Waals surface area contributed by atoms with Crippen LogP contribution in [-0.4, -0.2) is 4.98 Å². The Balaban J connectivity index is 2.61. The first-order valence-electron chi connectivity index (χ1n) is 5.62. The first-order valence-corrected chi connectivity index (χ1v) is 5.62. The van der Waals surface area contributed by atoms with Crippen molar-refractivity contribution in [3.05, 3.63) is 53.5 Å². The highest BCUT2D eigenvalue weighted by Crippen LogP contribution is 2.36. The molecule has 2 nitrogen and oxygen atoms in total. The molecule has 0 aliphatic carbocycles. The van der Waals surface area contributed by atoms with Crippen LogP contribution in [-0.2, 0) is 12.6 Å². The third kappa shape index (κ3) is 2.94. The van der Waals surface area contributed by atoms with Gasteiger partial charge in [0.1, 0.15) is 0 Å². The molecule has 102 valence electrons. The third-order valence-electron chi connectivity index (χ3n) is 2.65. The zero-order valence-corrected chi connectivity index (χ0v) is 10.1. The second-order valence-electron chi connectivity index (χ2n) is 4.06. The zero-order chi connectivity index (χ0) is 14.8. The molecular formula is C14H8F4N2. The molecule has 0 aliphatic heterocycles. The molecule has 0 amide bonds. The van der Waals surface area contributed by atoms with E-state index in [0.717, 1.165) is 12.1 Å². The average Bonchev–Trinajstić information content (AvgIpc) is 2.37. The molecule has 0 N–H and O–H groups in total. The van der Waals surface area contributed by atoms with Gasteiger partial charge in [0.2, 0.25) is 5.95 Å². The molecule has 0 saturated heterocycles. The quantitative estimate of drug-likeness (QED) is 0.616. The fraction of sp³-hybridized carbons (Fsp3) is 0.143. The van der Waals surface area contributed by atoms with Crippen LogP contribution in [0.25, 0.3) is 11.3 Å². The number of nitriles is 1. The standard InChI is InChI=1S/C14H8F4N2/c15-13-8-9(5-6-19)7-12(20-13)10-3-1-2-4-11(10)14(16,17)18/h1-4,7-8H,5H2. The van der Waals surface area contributed by atoms with Gasteiger partial charge in [0.25, 0.3) is 0 Å². The summed E-state index contributed by atoms with van der Waals surface area (Å²) in [4.78, 5) is 3.48. The number of pyridine rings is 1. The van der Waals surface area contributed by atoms with Crippen LogP contribution in [0.3, 0.4) is 0 Å². The molecule has 0 saturated carbocycles. The third-order valence-corrected chi connectivity index (χ3v) is 2.65. The molecule has 1 heterocycles. The predicted octanol–water partition coefficient (Wildman–Crippen LogP) is 3.97. The van der Waals surface area contributed by atoms with E-state index in [9.17, 15) is 17.6 Å². The van der Waals surface area contributed by atoms with E-state index in [2.05, 4.69) is 4.98 Å². The molecule has 2 aromatic rings. The summed E-state index contributed by atoms with van der Waals surface area (Å²) in [5, 5.41) is 8.58. The van der Waals surface area contributed by atoms with Crippen LogP contribution in [0.4, 0.5) is 17.6 Å². The molecule has 0 bridgehead atoms. The Bertz CT molecular complexity index is 672. The minimum atomic E-state index is -4.56. The number of alkyl halides is 3. The second kappa shape index (κ2) is 5.29. The first-order chi connectivity index (χ1) is 9.41. The monoisotopic (exact) mass is 280 g/mol. The lowest BCUT2D eigenvalue weighted by Crippen LogP contribution is -2.07. The van der Waals surface area contributed by atoms with Crippen molar-refractivity contribution in [2.45, 2.75) is 12.6 Å². The lowest BCUT2D eigenvalue weighted by molar-refractivity contribution is -0.137. The van der Waals surface area contributed by atoms with Crippen molar-refractivity contribution in [1.82, 2.24) is 4.98 Å². The number of hydrogen-bond donors (Lipinski definition) is 0. The minimum Gasteiger partial charge on any atom is -0.220 e. The van der Waals surface area contributed by atoms with Gasteiger partial charge in [-0.05, 0) is 23.8 Å². The largest absolute Gasteiger partial charge is 0.417 e. The Kier molecular flexibility index (Phi) is 3.70. The summed E-state index contributed by atoms with van der Waals surface area (Å²) < 4.78 is 52.1. The second-order valence-corrected chi connectivity index (χ2v) is 4.06. The van der Waals surface area contributed by atoms with E-state index in [4.69, 9.17) is 5.26 Å². The van der Waals surface area contributed by atoms with E-state index in [-0.39, 0.29) is 23.2 Å². The summed E-state index contributed by atoms with van der Waals surface area (Å²) in [6.07, 6.45) is -4.65. The van der Waals surface area contributed by atoms with E-state index in [0.29, 0.717) is 0 Å². The minimum absolute atomic E-state index is 0.0966. The average molecular weight is 280 g/mol. The highest BCUT2D eigenvalue weighted by molar-refractivity contribution is 5.65. The van der Waals surface area contributed by atoms with Crippen molar-refractivity contribution in [2.24, 2.45) is 0 Å². The molecule has 1 aromatic carbocycles. The molecule has 0 atom stereocenters. The number of hydrogen-bond acceptors (Lipinski definition) is 2. The van der Waals surface area contributed by atoms with E-state index in [1.807, 2.05) is 6.07 Å². The molecule has 0 radical (unpaired) electrons. The summed E-state index contributed by atoms with van der Waals surface area (Å²) in [5.41, 5.74) is -0.949. The van der Waals surface area contributed by atoms with Crippen LogP contribution in [0.15, 0.2) is 36.4 Å². The SMILES string of the molecule is N#CCc1cc(F)nc(-c2ccccc2C(F)(F)F)c1. The van der Waals surface area contributed by atoms with E-state index >= 15 is 0 Å². The number of aromatic nitrogens is 1. The van der Waals surface area contributed by atoms with Crippen molar-refractivity contribution < 1.29 is 17.6 Å². The predicted molar refractivity (Wildman–Crippen MR) is 64.0 cm³/mol. The van der Waals surface area contributed by atoms with Crippen LogP contribution < -0.4 is 0 Å². The van der Waals surface area contributed by atoms with Gasteiger partial charge in [0, 0.05) is 5.56 Å². The van der Waals surface area contributed by atoms with Gasteiger partial charge in [0.05, 0.1) is 23.7 Å². The zero-order valence-electron chi connectivity index (χ0n) is 10.1. The summed E-state index contributed by atoms with van der Waals surface area (Å²) in [5.74, 6) is -0.912. The van der Waals surface area contributed by atoms with E-state index in [1.165, 1.54) is 24.3 Å². The van der Waals surface area contributed by atoms with Crippen molar-refractivity contribution in [3.8, 4) is 17.3 Å². The van der Waals surface area contributed by atoms with E-state index < -0.39 is 17.7 Å². The Morgan fingerprint density at radius 1 is 1.15 bits per heavy atom. The lowest BCUT2D eigenvalue weighted by Gasteiger charge is -2.12. The Labute approximate surface area is 112 Å². The Morgan fingerprint density at radius 2 is 1.85 bits per heavy atom.